The summed E-state index contributed by atoms with van der Waals surface area (Å²) in [5.74, 6) is 6.12. The molecule has 0 amide bonds. The van der Waals surface area contributed by atoms with Gasteiger partial charge in [-0.15, -0.1) is 9.20 Å². The van der Waals surface area contributed by atoms with E-state index in [4.69, 9.17) is 24.1 Å². The highest BCUT2D eigenvalue weighted by Crippen LogP contribution is 2.63. The van der Waals surface area contributed by atoms with Crippen molar-refractivity contribution in [1.29, 1.82) is 0 Å². The van der Waals surface area contributed by atoms with Gasteiger partial charge >= 0.3 is 29.6 Å². The molecular weight excluding hydrogens is 1060 g/mol. The Morgan fingerprint density at radius 3 is 2.42 bits per heavy atom. The maximum absolute atomic E-state index is 13.8. The molecule has 30 heteroatoms. The zero-order chi connectivity index (χ0) is 51.8. The van der Waals surface area contributed by atoms with Crippen LogP contribution in [0.5, 0.6) is 11.5 Å². The predicted octanol–water partition coefficient (Wildman–Crippen LogP) is 1.25. The zero-order valence-electron chi connectivity index (χ0n) is 38.1. The second kappa shape index (κ2) is 19.7. The second-order valence-electron chi connectivity index (χ2n) is 17.9. The average molecular weight is 1110 g/mol. The fourth-order valence-electron chi connectivity index (χ4n) is 10.5. The standard InChI is InChI=1S/C43H44N5O20P3S2/c49-33-21-36(64-34(33)23-63-69(53)67-71(56,57)68-70(54,55)66-52)48-22-26(42(50)45-43(48)51)6-1-13-44-72(58,59)27-11-12-28(35(20-27)73(60,61)62)37-31-18-24-7-2-14-46-16-4-9-29(38(24)46)40(31)65-41-30-10-5-17-47-15-3-8-25(39(30)47)19-32(37)41/h11-12,18-20,22,33-34,36,44,49H,2-5,7-10,13-17,21,23H2,(H3-2,45,50,51,52,54,55,56,57,60,61,62)/p+1/t33-,34+,36-/m0/s1. The summed E-state index contributed by atoms with van der Waals surface area (Å²) in [5, 5.41) is 20.6. The molecule has 25 nitrogen and oxygen atoms in total. The van der Waals surface area contributed by atoms with Crippen molar-refractivity contribution in [1.82, 2.24) is 18.8 Å². The van der Waals surface area contributed by atoms with E-state index in [2.05, 4.69) is 39.3 Å². The molecule has 3 aromatic carbocycles. The van der Waals surface area contributed by atoms with E-state index in [9.17, 15) is 54.7 Å². The molecule has 0 bridgehead atoms. The molecule has 6 N–H and O–H groups in total. The Balaban J connectivity index is 0.920. The van der Waals surface area contributed by atoms with Crippen LogP contribution in [0.25, 0.3) is 5.57 Å². The number of hydrogen-bond donors (Lipinski definition) is 6. The van der Waals surface area contributed by atoms with Gasteiger partial charge in [0, 0.05) is 81.8 Å². The van der Waals surface area contributed by atoms with Crippen molar-refractivity contribution in [3.05, 3.63) is 107 Å². The Hall–Kier alpha value is -4.81. The SMILES string of the molecule is O=c1[nH]c(=O)n([C@@H]2C[C@H](O)[C@@H](CO[P+](=O)OP(=O)(O)OP(=O)(O)OO)O2)cc1C#CCNS(=O)(=O)c1ccc(C2=c3cc4c5c(c3Oc3c2cc2c6c3CCCN6CCC2)CCC[N+]=5CCC4)c(S(=O)(=O)[O-])c1. The normalized spacial score (nSPS) is 21.8. The Bertz CT molecular complexity index is 3680. The highest BCUT2D eigenvalue weighted by atomic mass is 32.2. The maximum atomic E-state index is 13.8. The molecule has 0 aliphatic carbocycles. The lowest BCUT2D eigenvalue weighted by molar-refractivity contribution is -0.157. The number of fused-ring (bicyclic) bond motifs is 4. The number of sulfonamides is 1. The molecule has 0 saturated carbocycles. The van der Waals surface area contributed by atoms with Gasteiger partial charge in [0.15, 0.2) is 0 Å². The first-order valence-corrected chi connectivity index (χ1v) is 29.8. The number of phosphoric acid groups is 2. The van der Waals surface area contributed by atoms with Gasteiger partial charge in [-0.3, -0.25) is 19.2 Å². The Morgan fingerprint density at radius 2 is 1.67 bits per heavy atom. The van der Waals surface area contributed by atoms with Crippen LogP contribution in [-0.4, -0.2) is 103 Å². The molecular formula is C43H45N5O20P3S2+. The van der Waals surface area contributed by atoms with Gasteiger partial charge in [0.2, 0.25) is 15.4 Å². The van der Waals surface area contributed by atoms with E-state index in [-0.39, 0.29) is 17.5 Å². The maximum Gasteiger partial charge on any atom is 0.708 e. The van der Waals surface area contributed by atoms with Crippen molar-refractivity contribution >= 4 is 55.3 Å². The van der Waals surface area contributed by atoms with Crippen LogP contribution in [0, 0.1) is 11.8 Å². The Kier molecular flexibility index (Phi) is 14.0. The number of aliphatic hydroxyl groups is 1. The van der Waals surface area contributed by atoms with Crippen LogP contribution in [0.2, 0.25) is 0 Å². The third-order valence-electron chi connectivity index (χ3n) is 13.4. The summed E-state index contributed by atoms with van der Waals surface area (Å²) >= 11 is 0. The van der Waals surface area contributed by atoms with Crippen molar-refractivity contribution in [2.24, 2.45) is 0 Å². The second-order valence-corrected chi connectivity index (χ2v) is 25.1. The quantitative estimate of drug-likeness (QED) is 0.0228. The molecule has 6 aliphatic heterocycles. The van der Waals surface area contributed by atoms with Crippen LogP contribution in [0.3, 0.4) is 0 Å². The molecule has 1 aromatic heterocycles. The van der Waals surface area contributed by atoms with E-state index in [1.807, 2.05) is 17.1 Å². The number of benzene rings is 3. The summed E-state index contributed by atoms with van der Waals surface area (Å²) < 4.78 is 136. The first-order valence-electron chi connectivity index (χ1n) is 22.8. The molecule has 10 rings (SSSR count). The molecule has 0 spiro atoms. The first kappa shape index (κ1) is 51.7. The number of anilines is 1. The van der Waals surface area contributed by atoms with Gasteiger partial charge in [-0.25, -0.2) is 40.6 Å². The highest BCUT2D eigenvalue weighted by molar-refractivity contribution is 7.89. The van der Waals surface area contributed by atoms with Crippen molar-refractivity contribution in [2.75, 3.05) is 44.2 Å². The van der Waals surface area contributed by atoms with Crippen LogP contribution in [-0.2, 0) is 82.1 Å². The molecule has 1 saturated heterocycles. The highest BCUT2D eigenvalue weighted by Gasteiger charge is 2.46. The minimum absolute atomic E-state index is 0.0265. The molecule has 388 valence electrons. The summed E-state index contributed by atoms with van der Waals surface area (Å²) in [6.45, 7) is 2.14. The minimum atomic E-state index is -5.60. The Morgan fingerprint density at radius 1 is 0.945 bits per heavy atom. The van der Waals surface area contributed by atoms with Crippen LogP contribution in [0.15, 0.2) is 55.9 Å². The van der Waals surface area contributed by atoms with Crippen LogP contribution in [0.4, 0.5) is 5.69 Å². The van der Waals surface area contributed by atoms with Gasteiger partial charge in [-0.05, 0) is 72.7 Å². The summed E-state index contributed by atoms with van der Waals surface area (Å²) in [4.78, 5) is 47.1. The average Bonchev–Trinajstić information content (AvgIpc) is 3.71. The summed E-state index contributed by atoms with van der Waals surface area (Å²) in [6, 6.07) is 7.43. The molecule has 0 radical (unpaired) electrons. The number of hydrogen-bond acceptors (Lipinski definition) is 19. The number of aromatic nitrogens is 2. The van der Waals surface area contributed by atoms with Gasteiger partial charge in [0.1, 0.15) is 59.2 Å². The molecule has 73 heavy (non-hydrogen) atoms. The van der Waals surface area contributed by atoms with Gasteiger partial charge in [-0.1, -0.05) is 17.9 Å². The van der Waals surface area contributed by atoms with E-state index >= 15 is 0 Å². The summed E-state index contributed by atoms with van der Waals surface area (Å²) in [5.41, 5.74) is 4.09. The van der Waals surface area contributed by atoms with Gasteiger partial charge < -0.3 is 28.9 Å². The predicted molar refractivity (Wildman–Crippen MR) is 252 cm³/mol. The lowest BCUT2D eigenvalue weighted by atomic mass is 9.82. The first-order chi connectivity index (χ1) is 34.6. The van der Waals surface area contributed by atoms with E-state index in [1.165, 1.54) is 12.1 Å². The number of ether oxygens (including phenoxy) is 2. The van der Waals surface area contributed by atoms with Gasteiger partial charge in [0.25, 0.3) is 5.56 Å². The molecule has 6 aliphatic rings. The summed E-state index contributed by atoms with van der Waals surface area (Å²) in [7, 11) is -24.6. The van der Waals surface area contributed by atoms with E-state index in [1.54, 1.807) is 0 Å². The van der Waals surface area contributed by atoms with Crippen molar-refractivity contribution in [3.63, 3.8) is 0 Å². The van der Waals surface area contributed by atoms with Crippen LogP contribution < -0.4 is 40.8 Å². The number of rotatable bonds is 14. The zero-order valence-corrected chi connectivity index (χ0v) is 42.4. The minimum Gasteiger partial charge on any atom is -0.744 e. The lowest BCUT2D eigenvalue weighted by Crippen LogP contribution is -2.45. The number of nitrogens with zero attached hydrogens (tertiary/aromatic N) is 3. The number of aliphatic hydroxyl groups excluding tert-OH is 1. The van der Waals surface area contributed by atoms with Crippen LogP contribution >= 0.6 is 23.9 Å². The molecule has 3 unspecified atom stereocenters. The number of aromatic amines is 1. The lowest BCUT2D eigenvalue weighted by Gasteiger charge is -2.39. The Labute approximate surface area is 415 Å². The molecule has 6 atom stereocenters. The third-order valence-corrected chi connectivity index (χ3v) is 19.2. The summed E-state index contributed by atoms with van der Waals surface area (Å²) in [6.07, 6.45) is 3.16. The van der Waals surface area contributed by atoms with Gasteiger partial charge in [0.05, 0.1) is 28.0 Å². The largest absolute Gasteiger partial charge is 0.744 e. The van der Waals surface area contributed by atoms with Crippen LogP contribution in [0.1, 0.15) is 77.3 Å². The smallest absolute Gasteiger partial charge is 0.708 e. The van der Waals surface area contributed by atoms with E-state index in [0.717, 1.165) is 128 Å². The number of nitrogens with one attached hydrogen (secondary N) is 2. The van der Waals surface area contributed by atoms with Crippen molar-refractivity contribution in [3.8, 4) is 23.3 Å². The number of H-pyrrole nitrogens is 1. The van der Waals surface area contributed by atoms with Crippen molar-refractivity contribution < 1.29 is 82.5 Å². The molecule has 7 heterocycles. The third kappa shape index (κ3) is 10.2. The van der Waals surface area contributed by atoms with Crippen molar-refractivity contribution in [2.45, 2.75) is 86.0 Å². The molecule has 4 aromatic rings. The van der Waals surface area contributed by atoms with E-state index < -0.39 is 96.7 Å². The molecule has 1 fully saturated rings. The fraction of sp³-hybridized carbons (Fsp3) is 0.419. The number of aryl methyl sites for hydroxylation is 2. The fourth-order valence-corrected chi connectivity index (χ4v) is 14.9. The van der Waals surface area contributed by atoms with E-state index in [0.29, 0.717) is 27.9 Å². The topological polar surface area (TPSA) is 352 Å². The monoisotopic (exact) mass is 1110 g/mol. The van der Waals surface area contributed by atoms with Gasteiger partial charge in [-0.2, -0.15) is 9.03 Å².